The lowest BCUT2D eigenvalue weighted by Crippen LogP contribution is -2.53. The molecule has 0 aliphatic carbocycles. The van der Waals surface area contributed by atoms with Gasteiger partial charge in [0.15, 0.2) is 9.84 Å². The van der Waals surface area contributed by atoms with E-state index >= 15 is 0 Å². The minimum atomic E-state index is -3.07. The zero-order valence-corrected chi connectivity index (χ0v) is 13.1. The van der Waals surface area contributed by atoms with Crippen LogP contribution in [-0.2, 0) is 9.84 Å². The Balaban J connectivity index is 1.63. The van der Waals surface area contributed by atoms with Crippen molar-refractivity contribution >= 4 is 15.5 Å². The minimum absolute atomic E-state index is 0.0875. The first-order chi connectivity index (χ1) is 9.94. The molecule has 0 spiro atoms. The minimum Gasteiger partial charge on any atom is -0.390 e. The van der Waals surface area contributed by atoms with Crippen LogP contribution in [0.25, 0.3) is 0 Å². The van der Waals surface area contributed by atoms with Crippen molar-refractivity contribution in [1.29, 1.82) is 0 Å². The summed E-state index contributed by atoms with van der Waals surface area (Å²) < 4.78 is 23.2. The average molecular weight is 310 g/mol. The Kier molecular flexibility index (Phi) is 3.94. The molecule has 1 N–H and O–H groups in total. The molecule has 0 unspecified atom stereocenters. The number of hydrogen-bond donors (Lipinski definition) is 1. The number of aliphatic hydroxyl groups excluding tert-OH is 1. The van der Waals surface area contributed by atoms with E-state index in [9.17, 15) is 13.5 Å². The zero-order valence-electron chi connectivity index (χ0n) is 12.3. The van der Waals surface area contributed by atoms with E-state index in [-0.39, 0.29) is 17.5 Å². The van der Waals surface area contributed by atoms with Crippen molar-refractivity contribution in [1.82, 2.24) is 4.90 Å². The molecule has 2 aliphatic heterocycles. The summed E-state index contributed by atoms with van der Waals surface area (Å²) in [6.07, 6.45) is -0.736. The predicted octanol–water partition coefficient (Wildman–Crippen LogP) is 0.275. The molecule has 2 atom stereocenters. The third-order valence-corrected chi connectivity index (χ3v) is 6.14. The summed E-state index contributed by atoms with van der Waals surface area (Å²) in [5.74, 6) is 0.00831. The Morgan fingerprint density at radius 1 is 1.14 bits per heavy atom. The van der Waals surface area contributed by atoms with E-state index in [2.05, 4.69) is 41.0 Å². The number of aryl methyl sites for hydroxylation is 1. The molecule has 1 aromatic carbocycles. The summed E-state index contributed by atoms with van der Waals surface area (Å²) in [6, 6.07) is 8.20. The third-order valence-electron chi connectivity index (χ3n) is 4.44. The molecule has 3 rings (SSSR count). The molecule has 0 saturated carbocycles. The van der Waals surface area contributed by atoms with Gasteiger partial charge in [-0.3, -0.25) is 4.90 Å². The standard InChI is InChI=1S/C15H22N2O3S/c1-12-3-2-4-13(9-12)16-5-7-17(8-6-16)14-10-21(19,20)11-15(14)18/h2-4,9,14-15,18H,5-8,10-11H2,1H3/t14-,15-/m1/s1. The second-order valence-electron chi connectivity index (χ2n) is 6.07. The van der Waals surface area contributed by atoms with Gasteiger partial charge in [-0.2, -0.15) is 0 Å². The highest BCUT2D eigenvalue weighted by molar-refractivity contribution is 7.91. The van der Waals surface area contributed by atoms with E-state index in [0.717, 1.165) is 26.2 Å². The molecule has 0 radical (unpaired) electrons. The number of rotatable bonds is 2. The summed E-state index contributed by atoms with van der Waals surface area (Å²) in [4.78, 5) is 4.45. The van der Waals surface area contributed by atoms with Crippen LogP contribution in [0.4, 0.5) is 5.69 Å². The number of piperazine rings is 1. The van der Waals surface area contributed by atoms with E-state index in [1.54, 1.807) is 0 Å². The second-order valence-corrected chi connectivity index (χ2v) is 8.23. The molecule has 21 heavy (non-hydrogen) atoms. The van der Waals surface area contributed by atoms with Crippen LogP contribution in [0, 0.1) is 6.92 Å². The third kappa shape index (κ3) is 3.22. The van der Waals surface area contributed by atoms with Crippen molar-refractivity contribution < 1.29 is 13.5 Å². The fourth-order valence-corrected chi connectivity index (χ4v) is 5.13. The maximum Gasteiger partial charge on any atom is 0.154 e. The maximum absolute atomic E-state index is 11.6. The van der Waals surface area contributed by atoms with Crippen molar-refractivity contribution in [2.24, 2.45) is 0 Å². The first-order valence-corrected chi connectivity index (χ1v) is 9.21. The lowest BCUT2D eigenvalue weighted by molar-refractivity contribution is 0.0793. The van der Waals surface area contributed by atoms with Gasteiger partial charge < -0.3 is 10.0 Å². The number of sulfone groups is 1. The largest absolute Gasteiger partial charge is 0.390 e. The van der Waals surface area contributed by atoms with Gasteiger partial charge in [-0.1, -0.05) is 12.1 Å². The molecule has 0 bridgehead atoms. The van der Waals surface area contributed by atoms with Crippen LogP contribution in [0.5, 0.6) is 0 Å². The molecule has 0 amide bonds. The molecule has 5 nitrogen and oxygen atoms in total. The monoisotopic (exact) mass is 310 g/mol. The van der Waals surface area contributed by atoms with E-state index in [1.165, 1.54) is 11.3 Å². The topological polar surface area (TPSA) is 60.9 Å². The van der Waals surface area contributed by atoms with Crippen LogP contribution in [-0.4, -0.2) is 68.3 Å². The van der Waals surface area contributed by atoms with Gasteiger partial charge in [-0.15, -0.1) is 0 Å². The summed E-state index contributed by atoms with van der Waals surface area (Å²) in [7, 11) is -3.07. The van der Waals surface area contributed by atoms with Gasteiger partial charge in [0.05, 0.1) is 23.7 Å². The number of aliphatic hydroxyl groups is 1. The normalized spacial score (nSPS) is 29.7. The average Bonchev–Trinajstić information content (AvgIpc) is 2.72. The Bertz CT molecular complexity index is 609. The van der Waals surface area contributed by atoms with Crippen LogP contribution in [0.15, 0.2) is 24.3 Å². The van der Waals surface area contributed by atoms with E-state index in [0.29, 0.717) is 0 Å². The lowest BCUT2D eigenvalue weighted by Gasteiger charge is -2.39. The van der Waals surface area contributed by atoms with E-state index in [4.69, 9.17) is 0 Å². The van der Waals surface area contributed by atoms with Gasteiger partial charge in [-0.25, -0.2) is 8.42 Å². The zero-order chi connectivity index (χ0) is 15.0. The number of nitrogens with zero attached hydrogens (tertiary/aromatic N) is 2. The summed E-state index contributed by atoms with van der Waals surface area (Å²) in [6.45, 7) is 5.41. The molecule has 1 aromatic rings. The Morgan fingerprint density at radius 2 is 1.86 bits per heavy atom. The molecular formula is C15H22N2O3S. The fraction of sp³-hybridized carbons (Fsp3) is 0.600. The van der Waals surface area contributed by atoms with Crippen LogP contribution < -0.4 is 4.90 Å². The van der Waals surface area contributed by atoms with Gasteiger partial charge in [0.1, 0.15) is 0 Å². The quantitative estimate of drug-likeness (QED) is 0.850. The first-order valence-electron chi connectivity index (χ1n) is 7.39. The molecule has 6 heteroatoms. The molecule has 2 heterocycles. The number of benzene rings is 1. The van der Waals surface area contributed by atoms with E-state index < -0.39 is 15.9 Å². The van der Waals surface area contributed by atoms with Crippen LogP contribution >= 0.6 is 0 Å². The maximum atomic E-state index is 11.6. The Hall–Kier alpha value is -1.11. The van der Waals surface area contributed by atoms with Crippen LogP contribution in [0.1, 0.15) is 5.56 Å². The van der Waals surface area contributed by atoms with E-state index in [1.807, 2.05) is 0 Å². The Morgan fingerprint density at radius 3 is 2.43 bits per heavy atom. The molecule has 2 aliphatic rings. The van der Waals surface area contributed by atoms with Gasteiger partial charge in [-0.05, 0) is 24.6 Å². The Labute approximate surface area is 126 Å². The SMILES string of the molecule is Cc1cccc(N2CCN([C@@H]3CS(=O)(=O)C[C@H]3O)CC2)c1. The fourth-order valence-electron chi connectivity index (χ4n) is 3.30. The van der Waals surface area contributed by atoms with Crippen molar-refractivity contribution in [2.75, 3.05) is 42.6 Å². The predicted molar refractivity (Wildman–Crippen MR) is 83.4 cm³/mol. The van der Waals surface area contributed by atoms with Crippen LogP contribution in [0.3, 0.4) is 0 Å². The summed E-state index contributed by atoms with van der Waals surface area (Å²) in [5.41, 5.74) is 2.46. The highest BCUT2D eigenvalue weighted by Crippen LogP contribution is 2.22. The van der Waals surface area contributed by atoms with Crippen molar-refractivity contribution in [2.45, 2.75) is 19.1 Å². The first kappa shape index (κ1) is 14.8. The highest BCUT2D eigenvalue weighted by Gasteiger charge is 2.40. The number of anilines is 1. The summed E-state index contributed by atoms with van der Waals surface area (Å²) >= 11 is 0. The molecular weight excluding hydrogens is 288 g/mol. The van der Waals surface area contributed by atoms with Gasteiger partial charge in [0, 0.05) is 31.9 Å². The van der Waals surface area contributed by atoms with Gasteiger partial charge >= 0.3 is 0 Å². The van der Waals surface area contributed by atoms with Crippen molar-refractivity contribution in [3.05, 3.63) is 29.8 Å². The lowest BCUT2D eigenvalue weighted by atomic mass is 10.1. The molecule has 2 fully saturated rings. The van der Waals surface area contributed by atoms with Crippen molar-refractivity contribution in [3.63, 3.8) is 0 Å². The van der Waals surface area contributed by atoms with Crippen molar-refractivity contribution in [3.8, 4) is 0 Å². The highest BCUT2D eigenvalue weighted by atomic mass is 32.2. The summed E-state index contributed by atoms with van der Waals surface area (Å²) in [5, 5.41) is 9.96. The van der Waals surface area contributed by atoms with Crippen LogP contribution in [0.2, 0.25) is 0 Å². The number of hydrogen-bond acceptors (Lipinski definition) is 5. The smallest absolute Gasteiger partial charge is 0.154 e. The van der Waals surface area contributed by atoms with Gasteiger partial charge in [0.25, 0.3) is 0 Å². The molecule has 0 aromatic heterocycles. The molecule has 116 valence electrons. The molecule has 2 saturated heterocycles. The van der Waals surface area contributed by atoms with Gasteiger partial charge in [0.2, 0.25) is 0 Å². The second kappa shape index (κ2) is 5.59.